The van der Waals surface area contributed by atoms with Crippen LogP contribution in [0.5, 0.6) is 5.75 Å². The van der Waals surface area contributed by atoms with E-state index in [9.17, 15) is 14.4 Å². The first-order valence-corrected chi connectivity index (χ1v) is 10.4. The van der Waals surface area contributed by atoms with Gasteiger partial charge in [0.15, 0.2) is 6.10 Å². The first kappa shape index (κ1) is 20.7. The fourth-order valence-electron chi connectivity index (χ4n) is 4.00. The van der Waals surface area contributed by atoms with Crippen molar-refractivity contribution in [2.45, 2.75) is 26.0 Å². The summed E-state index contributed by atoms with van der Waals surface area (Å²) in [6.45, 7) is 5.03. The number of aromatic nitrogens is 1. The molecule has 1 fully saturated rings. The van der Waals surface area contributed by atoms with E-state index in [1.54, 1.807) is 59.3 Å². The molecule has 160 valence electrons. The van der Waals surface area contributed by atoms with Crippen molar-refractivity contribution in [1.29, 1.82) is 0 Å². The summed E-state index contributed by atoms with van der Waals surface area (Å²) in [5, 5.41) is 1.18. The maximum atomic E-state index is 13.1. The molecular formula is C24H25N3O4. The lowest BCUT2D eigenvalue weighted by atomic mass is 10.1. The lowest BCUT2D eigenvalue weighted by molar-refractivity contribution is -0.142. The van der Waals surface area contributed by atoms with E-state index in [1.807, 2.05) is 25.1 Å². The van der Waals surface area contributed by atoms with Crippen LogP contribution < -0.4 is 10.3 Å². The normalized spacial score (nSPS) is 17.4. The Hall–Kier alpha value is -3.61. The van der Waals surface area contributed by atoms with Crippen LogP contribution in [0.4, 0.5) is 0 Å². The smallest absolute Gasteiger partial charge is 0.263 e. The Morgan fingerprint density at radius 3 is 2.55 bits per heavy atom. The molecule has 1 aromatic heterocycles. The highest BCUT2D eigenvalue weighted by Gasteiger charge is 2.33. The van der Waals surface area contributed by atoms with Crippen molar-refractivity contribution >= 4 is 22.6 Å². The molecule has 0 saturated carbocycles. The third kappa shape index (κ3) is 4.17. The van der Waals surface area contributed by atoms with Gasteiger partial charge in [-0.15, -0.1) is 0 Å². The van der Waals surface area contributed by atoms with Gasteiger partial charge in [0, 0.05) is 42.8 Å². The second kappa shape index (κ2) is 8.63. The number of pyridine rings is 1. The third-order valence-electron chi connectivity index (χ3n) is 5.65. The van der Waals surface area contributed by atoms with Gasteiger partial charge in [-0.1, -0.05) is 24.3 Å². The Kier molecular flexibility index (Phi) is 5.75. The average molecular weight is 419 g/mol. The SMILES string of the molecule is C[C@@H]1CN(C(=O)c2ccccc2)CCN1C(=O)[C@@H](C)Oc1cccc2c(=O)[nH]ccc12. The number of piperazine rings is 1. The van der Waals surface area contributed by atoms with Crippen LogP contribution in [0.1, 0.15) is 24.2 Å². The van der Waals surface area contributed by atoms with Gasteiger partial charge in [-0.3, -0.25) is 14.4 Å². The Balaban J connectivity index is 1.44. The molecule has 1 aliphatic rings. The van der Waals surface area contributed by atoms with E-state index in [0.29, 0.717) is 41.7 Å². The summed E-state index contributed by atoms with van der Waals surface area (Å²) in [6.07, 6.45) is 0.846. The quantitative estimate of drug-likeness (QED) is 0.705. The van der Waals surface area contributed by atoms with Crippen LogP contribution in [0.2, 0.25) is 0 Å². The zero-order chi connectivity index (χ0) is 22.0. The summed E-state index contributed by atoms with van der Waals surface area (Å²) in [5.74, 6) is 0.334. The molecule has 2 atom stereocenters. The number of nitrogens with one attached hydrogen (secondary N) is 1. The standard InChI is InChI=1S/C24H25N3O4/c1-16-15-26(24(30)18-7-4-3-5-8-18)13-14-27(16)23(29)17(2)31-21-10-6-9-20-19(21)11-12-25-22(20)28/h3-12,16-17H,13-15H2,1-2H3,(H,25,28)/t16-,17-/m1/s1. The number of nitrogens with zero attached hydrogens (tertiary/aromatic N) is 2. The monoisotopic (exact) mass is 419 g/mol. The molecule has 31 heavy (non-hydrogen) atoms. The highest BCUT2D eigenvalue weighted by atomic mass is 16.5. The minimum Gasteiger partial charge on any atom is -0.480 e. The number of aromatic amines is 1. The minimum absolute atomic E-state index is 0.0233. The van der Waals surface area contributed by atoms with Crippen LogP contribution in [-0.2, 0) is 4.79 Å². The van der Waals surface area contributed by atoms with Gasteiger partial charge in [0.05, 0.1) is 5.39 Å². The van der Waals surface area contributed by atoms with E-state index >= 15 is 0 Å². The highest BCUT2D eigenvalue weighted by Crippen LogP contribution is 2.24. The fraction of sp³-hybridized carbons (Fsp3) is 0.292. The Bertz CT molecular complexity index is 1160. The molecule has 0 aliphatic carbocycles. The molecule has 2 heterocycles. The predicted octanol–water partition coefficient (Wildman–Crippen LogP) is 2.67. The van der Waals surface area contributed by atoms with Crippen molar-refractivity contribution in [3.63, 3.8) is 0 Å². The second-order valence-electron chi connectivity index (χ2n) is 7.78. The van der Waals surface area contributed by atoms with Gasteiger partial charge >= 0.3 is 0 Å². The van der Waals surface area contributed by atoms with E-state index in [1.165, 1.54) is 0 Å². The van der Waals surface area contributed by atoms with Gasteiger partial charge in [-0.05, 0) is 44.2 Å². The van der Waals surface area contributed by atoms with Crippen molar-refractivity contribution < 1.29 is 14.3 Å². The van der Waals surface area contributed by atoms with Gasteiger partial charge in [0.2, 0.25) is 0 Å². The highest BCUT2D eigenvalue weighted by molar-refractivity contribution is 5.94. The van der Waals surface area contributed by atoms with E-state index in [0.717, 1.165) is 0 Å². The molecule has 7 nitrogen and oxygen atoms in total. The molecule has 1 saturated heterocycles. The van der Waals surface area contributed by atoms with E-state index < -0.39 is 6.10 Å². The van der Waals surface area contributed by atoms with Crippen LogP contribution in [0.15, 0.2) is 65.6 Å². The number of carbonyl (C=O) groups excluding carboxylic acids is 2. The average Bonchev–Trinajstić information content (AvgIpc) is 2.79. The number of hydrogen-bond acceptors (Lipinski definition) is 4. The molecule has 0 unspecified atom stereocenters. The molecule has 7 heteroatoms. The Morgan fingerprint density at radius 1 is 1.03 bits per heavy atom. The van der Waals surface area contributed by atoms with Gasteiger partial charge in [0.25, 0.3) is 17.4 Å². The number of rotatable bonds is 4. The largest absolute Gasteiger partial charge is 0.480 e. The lowest BCUT2D eigenvalue weighted by Crippen LogP contribution is -2.57. The lowest BCUT2D eigenvalue weighted by Gasteiger charge is -2.40. The number of benzene rings is 2. The van der Waals surface area contributed by atoms with Crippen molar-refractivity contribution in [3.05, 3.63) is 76.7 Å². The van der Waals surface area contributed by atoms with Crippen LogP contribution >= 0.6 is 0 Å². The summed E-state index contributed by atoms with van der Waals surface area (Å²) in [7, 11) is 0. The van der Waals surface area contributed by atoms with Crippen molar-refractivity contribution in [1.82, 2.24) is 14.8 Å². The topological polar surface area (TPSA) is 82.7 Å². The van der Waals surface area contributed by atoms with Gasteiger partial charge < -0.3 is 19.5 Å². The molecule has 1 N–H and O–H groups in total. The summed E-state index contributed by atoms with van der Waals surface area (Å²) >= 11 is 0. The molecule has 2 amide bonds. The first-order valence-electron chi connectivity index (χ1n) is 10.4. The molecular weight excluding hydrogens is 394 g/mol. The van der Waals surface area contributed by atoms with Gasteiger partial charge in [-0.2, -0.15) is 0 Å². The number of carbonyl (C=O) groups is 2. The molecule has 0 radical (unpaired) electrons. The van der Waals surface area contributed by atoms with E-state index in [2.05, 4.69) is 4.98 Å². The summed E-state index contributed by atoms with van der Waals surface area (Å²) in [5.41, 5.74) is 0.451. The Labute approximate surface area is 180 Å². The maximum absolute atomic E-state index is 13.1. The van der Waals surface area contributed by atoms with Crippen LogP contribution in [0.25, 0.3) is 10.8 Å². The van der Waals surface area contributed by atoms with Crippen molar-refractivity contribution in [2.75, 3.05) is 19.6 Å². The molecule has 3 aromatic rings. The zero-order valence-corrected chi connectivity index (χ0v) is 17.6. The van der Waals surface area contributed by atoms with Crippen LogP contribution in [0.3, 0.4) is 0 Å². The van der Waals surface area contributed by atoms with Crippen molar-refractivity contribution in [2.24, 2.45) is 0 Å². The van der Waals surface area contributed by atoms with Crippen molar-refractivity contribution in [3.8, 4) is 5.75 Å². The predicted molar refractivity (Wildman–Crippen MR) is 118 cm³/mol. The fourth-order valence-corrected chi connectivity index (χ4v) is 4.00. The summed E-state index contributed by atoms with van der Waals surface area (Å²) in [6, 6.07) is 16.0. The van der Waals surface area contributed by atoms with Gasteiger partial charge in [0.1, 0.15) is 5.75 Å². The Morgan fingerprint density at radius 2 is 1.81 bits per heavy atom. The van der Waals surface area contributed by atoms with Gasteiger partial charge in [-0.25, -0.2) is 0 Å². The number of amides is 2. The third-order valence-corrected chi connectivity index (χ3v) is 5.65. The zero-order valence-electron chi connectivity index (χ0n) is 17.6. The van der Waals surface area contributed by atoms with Crippen LogP contribution in [0, 0.1) is 0 Å². The summed E-state index contributed by atoms with van der Waals surface area (Å²) in [4.78, 5) is 44.0. The molecule has 4 rings (SSSR count). The number of H-pyrrole nitrogens is 1. The van der Waals surface area contributed by atoms with E-state index in [4.69, 9.17) is 4.74 Å². The molecule has 0 bridgehead atoms. The second-order valence-corrected chi connectivity index (χ2v) is 7.78. The maximum Gasteiger partial charge on any atom is 0.263 e. The number of hydrogen-bond donors (Lipinski definition) is 1. The number of ether oxygens (including phenoxy) is 1. The molecule has 0 spiro atoms. The first-order chi connectivity index (χ1) is 15.0. The molecule has 1 aliphatic heterocycles. The number of fused-ring (bicyclic) bond motifs is 1. The summed E-state index contributed by atoms with van der Waals surface area (Å²) < 4.78 is 5.97. The van der Waals surface area contributed by atoms with Crippen LogP contribution in [-0.4, -0.2) is 58.4 Å². The molecule has 2 aromatic carbocycles. The minimum atomic E-state index is -0.719. The van der Waals surface area contributed by atoms with E-state index in [-0.39, 0.29) is 23.4 Å².